The summed E-state index contributed by atoms with van der Waals surface area (Å²) in [5.74, 6) is 0.318. The molecule has 0 spiro atoms. The molecule has 1 aliphatic heterocycles. The van der Waals surface area contributed by atoms with Crippen LogP contribution in [0.5, 0.6) is 5.75 Å². The number of ether oxygens (including phenoxy) is 2. The van der Waals surface area contributed by atoms with Crippen LogP contribution >= 0.6 is 0 Å². The molecule has 8 heteroatoms. The molecule has 0 saturated carbocycles. The highest BCUT2D eigenvalue weighted by atomic mass is 16.6. The molecule has 2 heterocycles. The van der Waals surface area contributed by atoms with E-state index in [-0.39, 0.29) is 17.9 Å². The summed E-state index contributed by atoms with van der Waals surface area (Å²) in [7, 11) is 0. The molecule has 0 aliphatic carbocycles. The molecule has 0 N–H and O–H groups in total. The van der Waals surface area contributed by atoms with E-state index in [2.05, 4.69) is 4.98 Å². The molecular weight excluding hydrogens is 278 g/mol. The van der Waals surface area contributed by atoms with Gasteiger partial charge in [-0.25, -0.2) is 4.79 Å². The second-order valence-electron chi connectivity index (χ2n) is 5.76. The Kier molecular flexibility index (Phi) is 3.97. The largest absolute Gasteiger partial charge is 0.485 e. The number of nitrogens with zero attached hydrogens (tertiary/aromatic N) is 3. The molecule has 2 rings (SSSR count). The van der Waals surface area contributed by atoms with Gasteiger partial charge in [0, 0.05) is 0 Å². The van der Waals surface area contributed by atoms with Gasteiger partial charge >= 0.3 is 6.09 Å². The predicted octanol–water partition coefficient (Wildman–Crippen LogP) is 1.99. The van der Waals surface area contributed by atoms with Crippen molar-refractivity contribution in [3.8, 4) is 5.75 Å². The van der Waals surface area contributed by atoms with Gasteiger partial charge < -0.3 is 14.4 Å². The van der Waals surface area contributed by atoms with E-state index in [0.29, 0.717) is 18.8 Å². The fraction of sp³-hybridized carbons (Fsp3) is 0.538. The van der Waals surface area contributed by atoms with Gasteiger partial charge in [0.05, 0.1) is 30.3 Å². The molecule has 1 aliphatic rings. The molecule has 1 aromatic heterocycles. The van der Waals surface area contributed by atoms with Crippen LogP contribution in [-0.4, -0.2) is 45.7 Å². The fourth-order valence-electron chi connectivity index (χ4n) is 1.75. The first kappa shape index (κ1) is 15.0. The molecule has 114 valence electrons. The summed E-state index contributed by atoms with van der Waals surface area (Å²) >= 11 is 0. The van der Waals surface area contributed by atoms with E-state index >= 15 is 0 Å². The maximum atomic E-state index is 11.7. The Bertz CT molecular complexity index is 549. The van der Waals surface area contributed by atoms with Crippen LogP contribution in [0.4, 0.5) is 10.5 Å². The Morgan fingerprint density at radius 2 is 2.10 bits per heavy atom. The number of amides is 1. The number of rotatable bonds is 3. The highest BCUT2D eigenvalue weighted by molar-refractivity contribution is 5.69. The van der Waals surface area contributed by atoms with Crippen LogP contribution < -0.4 is 4.74 Å². The zero-order chi connectivity index (χ0) is 15.6. The van der Waals surface area contributed by atoms with Crippen molar-refractivity contribution in [1.82, 2.24) is 9.88 Å². The molecule has 0 atom stereocenters. The molecule has 21 heavy (non-hydrogen) atoms. The van der Waals surface area contributed by atoms with E-state index in [9.17, 15) is 14.9 Å². The minimum Gasteiger partial charge on any atom is -0.485 e. The summed E-state index contributed by atoms with van der Waals surface area (Å²) in [6.45, 7) is 6.17. The van der Waals surface area contributed by atoms with Gasteiger partial charge in [-0.2, -0.15) is 0 Å². The van der Waals surface area contributed by atoms with Gasteiger partial charge in [0.15, 0.2) is 0 Å². The van der Waals surface area contributed by atoms with Crippen molar-refractivity contribution >= 4 is 11.8 Å². The summed E-state index contributed by atoms with van der Waals surface area (Å²) in [5, 5.41) is 10.6. The normalized spacial score (nSPS) is 15.3. The SMILES string of the molecule is CC(C)(C)OC(=O)N1CC(Oc2cncc([N+](=O)[O-])c2)C1. The smallest absolute Gasteiger partial charge is 0.410 e. The monoisotopic (exact) mass is 295 g/mol. The molecule has 1 fully saturated rings. The lowest BCUT2D eigenvalue weighted by Gasteiger charge is -2.39. The first-order valence-electron chi connectivity index (χ1n) is 6.48. The molecular formula is C13H17N3O5. The van der Waals surface area contributed by atoms with E-state index in [1.54, 1.807) is 20.8 Å². The standard InChI is InChI=1S/C13H17N3O5/c1-13(2,3)21-12(17)15-7-11(8-15)20-10-4-9(16(18)19)5-14-6-10/h4-6,11H,7-8H2,1-3H3. The highest BCUT2D eigenvalue weighted by Crippen LogP contribution is 2.22. The van der Waals surface area contributed by atoms with Crippen molar-refractivity contribution in [3.05, 3.63) is 28.6 Å². The lowest BCUT2D eigenvalue weighted by molar-refractivity contribution is -0.385. The second-order valence-corrected chi connectivity index (χ2v) is 5.76. The van der Waals surface area contributed by atoms with Gasteiger partial charge in [-0.1, -0.05) is 0 Å². The van der Waals surface area contributed by atoms with E-state index in [1.807, 2.05) is 0 Å². The second kappa shape index (κ2) is 5.55. The van der Waals surface area contributed by atoms with Crippen LogP contribution in [0.25, 0.3) is 0 Å². The number of pyridine rings is 1. The van der Waals surface area contributed by atoms with E-state index in [1.165, 1.54) is 17.2 Å². The van der Waals surface area contributed by atoms with Crippen LogP contribution in [0, 0.1) is 10.1 Å². The third kappa shape index (κ3) is 4.04. The molecule has 8 nitrogen and oxygen atoms in total. The molecule has 1 aromatic rings. The van der Waals surface area contributed by atoms with Gasteiger partial charge in [0.25, 0.3) is 5.69 Å². The summed E-state index contributed by atoms with van der Waals surface area (Å²) in [6, 6.07) is 1.31. The molecule has 0 aromatic carbocycles. The van der Waals surface area contributed by atoms with Crippen LogP contribution in [-0.2, 0) is 4.74 Å². The Labute approximate surface area is 121 Å². The van der Waals surface area contributed by atoms with Crippen LogP contribution in [0.3, 0.4) is 0 Å². The van der Waals surface area contributed by atoms with Gasteiger partial charge in [0.2, 0.25) is 0 Å². The van der Waals surface area contributed by atoms with E-state index in [0.717, 1.165) is 6.20 Å². The molecule has 0 radical (unpaired) electrons. The van der Waals surface area contributed by atoms with Gasteiger partial charge in [-0.3, -0.25) is 15.1 Å². The number of carbonyl (C=O) groups is 1. The maximum absolute atomic E-state index is 11.7. The van der Waals surface area contributed by atoms with Crippen LogP contribution in [0.2, 0.25) is 0 Å². The first-order valence-corrected chi connectivity index (χ1v) is 6.48. The molecule has 1 amide bonds. The minimum atomic E-state index is -0.535. The van der Waals surface area contributed by atoms with Crippen LogP contribution in [0.1, 0.15) is 20.8 Å². The Hall–Kier alpha value is -2.38. The van der Waals surface area contributed by atoms with Crippen molar-refractivity contribution < 1.29 is 19.2 Å². The third-order valence-corrected chi connectivity index (χ3v) is 2.71. The lowest BCUT2D eigenvalue weighted by Crippen LogP contribution is -2.57. The topological polar surface area (TPSA) is 94.8 Å². The Morgan fingerprint density at radius 1 is 1.43 bits per heavy atom. The zero-order valence-electron chi connectivity index (χ0n) is 12.1. The van der Waals surface area contributed by atoms with Crippen molar-refractivity contribution in [2.45, 2.75) is 32.5 Å². The minimum absolute atomic E-state index is 0.129. The highest BCUT2D eigenvalue weighted by Gasteiger charge is 2.35. The number of aromatic nitrogens is 1. The average molecular weight is 295 g/mol. The van der Waals surface area contributed by atoms with Crippen LogP contribution in [0.15, 0.2) is 18.5 Å². The number of hydrogen-bond acceptors (Lipinski definition) is 6. The third-order valence-electron chi connectivity index (χ3n) is 2.71. The summed E-state index contributed by atoms with van der Waals surface area (Å²) in [4.78, 5) is 27.1. The predicted molar refractivity (Wildman–Crippen MR) is 73.1 cm³/mol. The van der Waals surface area contributed by atoms with Gasteiger partial charge in [-0.05, 0) is 20.8 Å². The summed E-state index contributed by atoms with van der Waals surface area (Å²) < 4.78 is 10.8. The quantitative estimate of drug-likeness (QED) is 0.625. The van der Waals surface area contributed by atoms with Gasteiger partial charge in [-0.15, -0.1) is 0 Å². The van der Waals surface area contributed by atoms with E-state index in [4.69, 9.17) is 9.47 Å². The maximum Gasteiger partial charge on any atom is 0.410 e. The molecule has 0 bridgehead atoms. The van der Waals surface area contributed by atoms with Crippen molar-refractivity contribution in [2.24, 2.45) is 0 Å². The van der Waals surface area contributed by atoms with Crippen molar-refractivity contribution in [1.29, 1.82) is 0 Å². The zero-order valence-corrected chi connectivity index (χ0v) is 12.1. The van der Waals surface area contributed by atoms with Gasteiger partial charge in [0.1, 0.15) is 23.7 Å². The number of hydrogen-bond donors (Lipinski definition) is 0. The Balaban J connectivity index is 1.84. The average Bonchev–Trinajstić information content (AvgIpc) is 2.31. The molecule has 1 saturated heterocycles. The van der Waals surface area contributed by atoms with Crippen molar-refractivity contribution in [3.63, 3.8) is 0 Å². The summed E-state index contributed by atoms with van der Waals surface area (Å²) in [5.41, 5.74) is -0.664. The number of nitro groups is 1. The first-order chi connectivity index (χ1) is 9.74. The fourth-order valence-corrected chi connectivity index (χ4v) is 1.75. The number of likely N-dealkylation sites (tertiary alicyclic amines) is 1. The molecule has 0 unspecified atom stereocenters. The number of carbonyl (C=O) groups excluding carboxylic acids is 1. The van der Waals surface area contributed by atoms with E-state index < -0.39 is 10.5 Å². The summed E-state index contributed by atoms with van der Waals surface area (Å²) in [6.07, 6.45) is 1.96. The lowest BCUT2D eigenvalue weighted by atomic mass is 10.1. The van der Waals surface area contributed by atoms with Crippen molar-refractivity contribution in [2.75, 3.05) is 13.1 Å². The Morgan fingerprint density at radius 3 is 2.67 bits per heavy atom.